The molecule has 0 atom stereocenters. The van der Waals surface area contributed by atoms with Gasteiger partial charge in [0.05, 0.1) is 12.2 Å². The molecule has 1 aromatic rings. The van der Waals surface area contributed by atoms with E-state index in [4.69, 9.17) is 4.74 Å². The number of carbonyl (C=O) groups excluding carboxylic acids is 1. The van der Waals surface area contributed by atoms with Gasteiger partial charge in [-0.1, -0.05) is 30.4 Å². The van der Waals surface area contributed by atoms with E-state index < -0.39 is 0 Å². The molecule has 0 unspecified atom stereocenters. The van der Waals surface area contributed by atoms with E-state index in [0.29, 0.717) is 12.2 Å². The van der Waals surface area contributed by atoms with E-state index in [1.54, 1.807) is 0 Å². The second kappa shape index (κ2) is 3.74. The van der Waals surface area contributed by atoms with Crippen molar-refractivity contribution in [3.05, 3.63) is 45.3 Å². The lowest BCUT2D eigenvalue weighted by molar-refractivity contribution is -0.137. The number of hydrogen-bond acceptors (Lipinski definition) is 2. The molecule has 2 nitrogen and oxygen atoms in total. The molecule has 0 saturated heterocycles. The van der Waals surface area contributed by atoms with E-state index in [1.165, 1.54) is 10.8 Å². The zero-order valence-corrected chi connectivity index (χ0v) is 9.57. The minimum Gasteiger partial charge on any atom is -0.462 e. The number of benzene rings is 1. The number of ether oxygens (including phenoxy) is 1. The van der Waals surface area contributed by atoms with Crippen molar-refractivity contribution >= 4 is 30.3 Å². The van der Waals surface area contributed by atoms with Crippen molar-refractivity contribution in [3.63, 3.8) is 0 Å². The van der Waals surface area contributed by atoms with Crippen LogP contribution in [0.3, 0.4) is 0 Å². The molecule has 84 valence electrons. The van der Waals surface area contributed by atoms with Crippen LogP contribution in [0.5, 0.6) is 0 Å². The first-order valence-electron chi connectivity index (χ1n) is 5.71. The average Bonchev–Trinajstić information content (AvgIpc) is 2.94. The molecule has 0 amide bonds. The summed E-state index contributed by atoms with van der Waals surface area (Å²) in [6, 6.07) is 4.12. The fraction of sp³-hybridized carbons (Fsp3) is 0.133. The monoisotopic (exact) mass is 224 g/mol. The third kappa shape index (κ3) is 1.53. The lowest BCUT2D eigenvalue weighted by Gasteiger charge is -1.99. The Morgan fingerprint density at radius 1 is 1.18 bits per heavy atom. The lowest BCUT2D eigenvalue weighted by atomic mass is 10.1. The molecule has 17 heavy (non-hydrogen) atoms. The Morgan fingerprint density at radius 2 is 2.00 bits per heavy atom. The standard InChI is InChI=1S/C15H12O2/c1-2-17-15(16)12-8-11-7-6-10-4-3-5-13(10)14(11)9-12/h3-9H,2H2,1H3. The fourth-order valence-corrected chi connectivity index (χ4v) is 2.23. The highest BCUT2D eigenvalue weighted by Crippen LogP contribution is 2.17. The maximum absolute atomic E-state index is 11.7. The smallest absolute Gasteiger partial charge is 0.338 e. The summed E-state index contributed by atoms with van der Waals surface area (Å²) in [5.74, 6) is -0.247. The molecule has 2 aliphatic rings. The highest BCUT2D eigenvalue weighted by atomic mass is 16.5. The summed E-state index contributed by atoms with van der Waals surface area (Å²) in [5, 5.41) is 2.30. The number of allylic oxidation sites excluding steroid dienone is 1. The molecule has 3 rings (SSSR count). The molecule has 0 aliphatic heterocycles. The predicted molar refractivity (Wildman–Crippen MR) is 68.3 cm³/mol. The first-order valence-corrected chi connectivity index (χ1v) is 5.71. The fourth-order valence-electron chi connectivity index (χ4n) is 2.23. The molecule has 0 fully saturated rings. The van der Waals surface area contributed by atoms with Crippen molar-refractivity contribution in [1.29, 1.82) is 0 Å². The van der Waals surface area contributed by atoms with Gasteiger partial charge in [0, 0.05) is 0 Å². The van der Waals surface area contributed by atoms with E-state index in [1.807, 2.05) is 31.2 Å². The summed E-state index contributed by atoms with van der Waals surface area (Å²) in [6.45, 7) is 2.22. The molecule has 1 aromatic carbocycles. The van der Waals surface area contributed by atoms with Crippen molar-refractivity contribution < 1.29 is 9.53 Å². The van der Waals surface area contributed by atoms with Gasteiger partial charge in [0.1, 0.15) is 0 Å². The maximum atomic E-state index is 11.7. The van der Waals surface area contributed by atoms with Gasteiger partial charge in [0.2, 0.25) is 0 Å². The Balaban J connectivity index is 2.11. The van der Waals surface area contributed by atoms with Crippen LogP contribution in [0.15, 0.2) is 23.8 Å². The van der Waals surface area contributed by atoms with Crippen LogP contribution in [0, 0.1) is 0 Å². The van der Waals surface area contributed by atoms with E-state index in [9.17, 15) is 4.79 Å². The van der Waals surface area contributed by atoms with Gasteiger partial charge in [0.15, 0.2) is 0 Å². The van der Waals surface area contributed by atoms with Crippen molar-refractivity contribution in [2.75, 3.05) is 6.61 Å². The Bertz CT molecular complexity index is 676. The van der Waals surface area contributed by atoms with Gasteiger partial charge in [0.25, 0.3) is 0 Å². The topological polar surface area (TPSA) is 26.3 Å². The number of rotatable bonds is 2. The highest BCUT2D eigenvalue weighted by Gasteiger charge is 2.15. The van der Waals surface area contributed by atoms with Gasteiger partial charge >= 0.3 is 5.97 Å². The number of hydrogen-bond donors (Lipinski definition) is 0. The van der Waals surface area contributed by atoms with Gasteiger partial charge < -0.3 is 4.74 Å². The molecule has 0 N–H and O–H groups in total. The quantitative estimate of drug-likeness (QED) is 0.706. The maximum Gasteiger partial charge on any atom is 0.338 e. The van der Waals surface area contributed by atoms with E-state index in [2.05, 4.69) is 18.2 Å². The number of esters is 1. The summed E-state index contributed by atoms with van der Waals surface area (Å²) in [6.07, 6.45) is 9.98. The Labute approximate surface area is 99.2 Å². The SMILES string of the molecule is CCOC(=O)C1=Cc2c3c(ccc2=C1)=CC=C3. The largest absolute Gasteiger partial charge is 0.462 e. The Morgan fingerprint density at radius 3 is 2.82 bits per heavy atom. The first kappa shape index (κ1) is 10.1. The molecule has 0 aromatic heterocycles. The number of fused-ring (bicyclic) bond motifs is 3. The molecular formula is C15H12O2. The average molecular weight is 224 g/mol. The van der Waals surface area contributed by atoms with E-state index in [0.717, 1.165) is 10.8 Å². The second-order valence-electron chi connectivity index (χ2n) is 4.06. The van der Waals surface area contributed by atoms with Crippen molar-refractivity contribution in [2.45, 2.75) is 6.92 Å². The van der Waals surface area contributed by atoms with Crippen molar-refractivity contribution in [2.24, 2.45) is 0 Å². The van der Waals surface area contributed by atoms with Gasteiger partial charge in [-0.05, 0) is 40.6 Å². The predicted octanol–water partition coefficient (Wildman–Crippen LogP) is 1.23. The molecule has 2 aliphatic carbocycles. The van der Waals surface area contributed by atoms with Crippen molar-refractivity contribution in [1.82, 2.24) is 0 Å². The normalized spacial score (nSPS) is 14.5. The molecule has 0 radical (unpaired) electrons. The van der Waals surface area contributed by atoms with Crippen LogP contribution in [-0.4, -0.2) is 12.6 Å². The summed E-state index contributed by atoms with van der Waals surface area (Å²) in [7, 11) is 0. The van der Waals surface area contributed by atoms with Crippen LogP contribution < -0.4 is 10.4 Å². The van der Waals surface area contributed by atoms with Crippen LogP contribution >= 0.6 is 0 Å². The van der Waals surface area contributed by atoms with Crippen LogP contribution in [0.2, 0.25) is 0 Å². The van der Waals surface area contributed by atoms with Crippen LogP contribution in [0.25, 0.3) is 24.3 Å². The zero-order valence-electron chi connectivity index (χ0n) is 9.57. The lowest BCUT2D eigenvalue weighted by Crippen LogP contribution is -2.13. The molecular weight excluding hydrogens is 212 g/mol. The van der Waals surface area contributed by atoms with Crippen LogP contribution in [-0.2, 0) is 9.53 Å². The van der Waals surface area contributed by atoms with Crippen LogP contribution in [0.1, 0.15) is 18.1 Å². The van der Waals surface area contributed by atoms with Crippen LogP contribution in [0.4, 0.5) is 0 Å². The highest BCUT2D eigenvalue weighted by molar-refractivity contribution is 6.05. The Kier molecular flexibility index (Phi) is 2.22. The molecule has 2 heteroatoms. The van der Waals surface area contributed by atoms with Crippen molar-refractivity contribution in [3.8, 4) is 0 Å². The first-order chi connectivity index (χ1) is 8.29. The second-order valence-corrected chi connectivity index (χ2v) is 4.06. The number of carbonyl (C=O) groups is 1. The van der Waals surface area contributed by atoms with Gasteiger partial charge in [-0.25, -0.2) is 4.79 Å². The van der Waals surface area contributed by atoms with Gasteiger partial charge in [-0.2, -0.15) is 0 Å². The van der Waals surface area contributed by atoms with E-state index in [-0.39, 0.29) is 5.97 Å². The molecule has 0 spiro atoms. The summed E-state index contributed by atoms with van der Waals surface area (Å²) < 4.78 is 5.01. The van der Waals surface area contributed by atoms with E-state index >= 15 is 0 Å². The minimum absolute atomic E-state index is 0.247. The third-order valence-electron chi connectivity index (χ3n) is 3.02. The minimum atomic E-state index is -0.247. The summed E-state index contributed by atoms with van der Waals surface area (Å²) in [4.78, 5) is 11.7. The third-order valence-corrected chi connectivity index (χ3v) is 3.02. The summed E-state index contributed by atoms with van der Waals surface area (Å²) >= 11 is 0. The summed E-state index contributed by atoms with van der Waals surface area (Å²) in [5.41, 5.74) is 2.95. The zero-order chi connectivity index (χ0) is 11.8. The molecule has 0 saturated carbocycles. The Hall–Kier alpha value is -2.09. The molecule has 0 bridgehead atoms. The molecule has 0 heterocycles. The van der Waals surface area contributed by atoms with Gasteiger partial charge in [-0.15, -0.1) is 0 Å². The van der Waals surface area contributed by atoms with Gasteiger partial charge in [-0.3, -0.25) is 0 Å².